The summed E-state index contributed by atoms with van der Waals surface area (Å²) in [6, 6.07) is 13.9. The maximum Gasteiger partial charge on any atom is 0.282 e. The first-order valence-electron chi connectivity index (χ1n) is 8.23. The molecule has 2 heterocycles. The summed E-state index contributed by atoms with van der Waals surface area (Å²) in [7, 11) is 0. The average molecular weight is 346 g/mol. The number of benzene rings is 2. The molecule has 0 aliphatic heterocycles. The molecule has 0 fully saturated rings. The van der Waals surface area contributed by atoms with E-state index in [1.807, 2.05) is 57.2 Å². The molecule has 26 heavy (non-hydrogen) atoms. The second-order valence-electron chi connectivity index (χ2n) is 6.31. The highest BCUT2D eigenvalue weighted by Crippen LogP contribution is 2.27. The van der Waals surface area contributed by atoms with Gasteiger partial charge in [0.2, 0.25) is 5.82 Å². The van der Waals surface area contributed by atoms with Gasteiger partial charge < -0.3 is 10.3 Å². The number of nitrogens with zero attached hydrogens (tertiary/aromatic N) is 5. The van der Waals surface area contributed by atoms with E-state index in [0.29, 0.717) is 17.3 Å². The zero-order valence-corrected chi connectivity index (χ0v) is 14.8. The standard InChI is InChI=1S/C19H18N6O/c1-11-4-7-14(8-5-11)18-21-19(26-23-18)16-17(20)25(24-22-16)15-9-6-12(2)10-13(15)3/h4-10H,20H2,1-3H3. The highest BCUT2D eigenvalue weighted by Gasteiger charge is 2.20. The SMILES string of the molecule is Cc1ccc(-c2noc(-c3nnn(-c4ccc(C)cc4C)c3N)n2)cc1. The molecule has 0 atom stereocenters. The highest BCUT2D eigenvalue weighted by atomic mass is 16.5. The van der Waals surface area contributed by atoms with Crippen LogP contribution in [-0.4, -0.2) is 25.1 Å². The Labute approximate surface area is 150 Å². The van der Waals surface area contributed by atoms with Crippen LogP contribution in [0.2, 0.25) is 0 Å². The predicted molar refractivity (Wildman–Crippen MR) is 98.7 cm³/mol. The van der Waals surface area contributed by atoms with Gasteiger partial charge in [-0.05, 0) is 32.4 Å². The Balaban J connectivity index is 1.72. The zero-order valence-electron chi connectivity index (χ0n) is 14.8. The number of rotatable bonds is 3. The van der Waals surface area contributed by atoms with Gasteiger partial charge in [-0.15, -0.1) is 5.10 Å². The molecule has 0 saturated carbocycles. The van der Waals surface area contributed by atoms with Gasteiger partial charge in [-0.2, -0.15) is 9.67 Å². The van der Waals surface area contributed by atoms with Crippen LogP contribution in [0.3, 0.4) is 0 Å². The van der Waals surface area contributed by atoms with E-state index in [1.165, 1.54) is 5.56 Å². The first kappa shape index (κ1) is 16.0. The third-order valence-electron chi connectivity index (χ3n) is 4.22. The Morgan fingerprint density at radius 1 is 0.962 bits per heavy atom. The smallest absolute Gasteiger partial charge is 0.282 e. The van der Waals surface area contributed by atoms with Crippen molar-refractivity contribution in [2.24, 2.45) is 0 Å². The molecule has 2 aromatic heterocycles. The molecule has 0 aliphatic carbocycles. The lowest BCUT2D eigenvalue weighted by atomic mass is 10.1. The number of hydrogen-bond donors (Lipinski definition) is 1. The van der Waals surface area contributed by atoms with Gasteiger partial charge in [0.15, 0.2) is 11.5 Å². The molecule has 7 nitrogen and oxygen atoms in total. The van der Waals surface area contributed by atoms with E-state index >= 15 is 0 Å². The van der Waals surface area contributed by atoms with Gasteiger partial charge in [-0.25, -0.2) is 0 Å². The number of hydrogen-bond acceptors (Lipinski definition) is 6. The summed E-state index contributed by atoms with van der Waals surface area (Å²) in [5.41, 5.74) is 11.7. The van der Waals surface area contributed by atoms with Crippen molar-refractivity contribution in [1.82, 2.24) is 25.1 Å². The van der Waals surface area contributed by atoms with Crippen LogP contribution in [0.25, 0.3) is 28.7 Å². The summed E-state index contributed by atoms with van der Waals surface area (Å²) in [5.74, 6) is 1.09. The Hall–Kier alpha value is -3.48. The molecule has 130 valence electrons. The summed E-state index contributed by atoms with van der Waals surface area (Å²) in [4.78, 5) is 4.41. The van der Waals surface area contributed by atoms with Gasteiger partial charge in [0, 0.05) is 5.56 Å². The van der Waals surface area contributed by atoms with E-state index in [4.69, 9.17) is 10.3 Å². The molecule has 0 radical (unpaired) electrons. The maximum atomic E-state index is 6.25. The van der Waals surface area contributed by atoms with Crippen LogP contribution in [-0.2, 0) is 0 Å². The molecule has 4 aromatic rings. The third-order valence-corrected chi connectivity index (χ3v) is 4.22. The zero-order chi connectivity index (χ0) is 18.3. The Morgan fingerprint density at radius 2 is 1.69 bits per heavy atom. The number of nitrogens with two attached hydrogens (primary N) is 1. The van der Waals surface area contributed by atoms with E-state index in [1.54, 1.807) is 4.68 Å². The second-order valence-corrected chi connectivity index (χ2v) is 6.31. The minimum atomic E-state index is 0.245. The Bertz CT molecular complexity index is 1080. The molecule has 0 amide bonds. The van der Waals surface area contributed by atoms with E-state index in [9.17, 15) is 0 Å². The molecule has 0 bridgehead atoms. The number of nitrogen functional groups attached to an aromatic ring is 1. The molecular formula is C19H18N6O. The molecule has 2 N–H and O–H groups in total. The van der Waals surface area contributed by atoms with Gasteiger partial charge >= 0.3 is 0 Å². The van der Waals surface area contributed by atoms with Gasteiger partial charge in [0.05, 0.1) is 5.69 Å². The van der Waals surface area contributed by atoms with Crippen LogP contribution in [0.1, 0.15) is 16.7 Å². The van der Waals surface area contributed by atoms with Crippen LogP contribution in [0.4, 0.5) is 5.82 Å². The minimum absolute atomic E-state index is 0.245. The van der Waals surface area contributed by atoms with Crippen LogP contribution in [0, 0.1) is 20.8 Å². The Kier molecular flexibility index (Phi) is 3.76. The fourth-order valence-electron chi connectivity index (χ4n) is 2.80. The third kappa shape index (κ3) is 2.73. The van der Waals surface area contributed by atoms with Gasteiger partial charge in [0.25, 0.3) is 5.89 Å². The minimum Gasteiger partial charge on any atom is -0.382 e. The van der Waals surface area contributed by atoms with Crippen molar-refractivity contribution in [2.75, 3.05) is 5.73 Å². The van der Waals surface area contributed by atoms with Crippen LogP contribution >= 0.6 is 0 Å². The average Bonchev–Trinajstić information content (AvgIpc) is 3.23. The second kappa shape index (κ2) is 6.11. The fraction of sp³-hybridized carbons (Fsp3) is 0.158. The first-order chi connectivity index (χ1) is 12.5. The number of aryl methyl sites for hydroxylation is 3. The van der Waals surface area contributed by atoms with E-state index in [2.05, 4.69) is 26.5 Å². The van der Waals surface area contributed by atoms with Crippen LogP contribution in [0.15, 0.2) is 47.0 Å². The van der Waals surface area contributed by atoms with Crippen molar-refractivity contribution < 1.29 is 4.52 Å². The molecule has 0 saturated heterocycles. The normalized spacial score (nSPS) is 11.0. The summed E-state index contributed by atoms with van der Waals surface area (Å²) < 4.78 is 6.94. The van der Waals surface area contributed by atoms with Crippen molar-refractivity contribution in [1.29, 1.82) is 0 Å². The fourth-order valence-corrected chi connectivity index (χ4v) is 2.80. The van der Waals surface area contributed by atoms with Crippen molar-refractivity contribution in [2.45, 2.75) is 20.8 Å². The van der Waals surface area contributed by atoms with E-state index < -0.39 is 0 Å². The molecule has 2 aromatic carbocycles. The van der Waals surface area contributed by atoms with Crippen LogP contribution in [0.5, 0.6) is 0 Å². The summed E-state index contributed by atoms with van der Waals surface area (Å²) in [6.07, 6.45) is 0. The summed E-state index contributed by atoms with van der Waals surface area (Å²) >= 11 is 0. The quantitative estimate of drug-likeness (QED) is 0.610. The molecule has 0 unspecified atom stereocenters. The lowest BCUT2D eigenvalue weighted by Gasteiger charge is -2.07. The monoisotopic (exact) mass is 346 g/mol. The number of anilines is 1. The molecule has 4 rings (SSSR count). The first-order valence-corrected chi connectivity index (χ1v) is 8.23. The predicted octanol–water partition coefficient (Wildman–Crippen LogP) is 3.49. The maximum absolute atomic E-state index is 6.25. The lowest BCUT2D eigenvalue weighted by Crippen LogP contribution is -2.04. The van der Waals surface area contributed by atoms with Crippen molar-refractivity contribution in [3.63, 3.8) is 0 Å². The van der Waals surface area contributed by atoms with Gasteiger partial charge in [-0.1, -0.05) is 57.9 Å². The highest BCUT2D eigenvalue weighted by molar-refractivity contribution is 5.66. The number of aromatic nitrogens is 5. The molecular weight excluding hydrogens is 328 g/mol. The topological polar surface area (TPSA) is 95.7 Å². The Morgan fingerprint density at radius 3 is 2.42 bits per heavy atom. The van der Waals surface area contributed by atoms with Crippen LogP contribution < -0.4 is 5.73 Å². The molecule has 0 aliphatic rings. The van der Waals surface area contributed by atoms with E-state index in [0.717, 1.165) is 22.4 Å². The lowest BCUT2D eigenvalue weighted by molar-refractivity contribution is 0.431. The van der Waals surface area contributed by atoms with Crippen molar-refractivity contribution in [3.8, 4) is 28.7 Å². The molecule has 7 heteroatoms. The summed E-state index contributed by atoms with van der Waals surface area (Å²) in [5, 5.41) is 12.3. The van der Waals surface area contributed by atoms with Crippen molar-refractivity contribution in [3.05, 3.63) is 59.2 Å². The largest absolute Gasteiger partial charge is 0.382 e. The molecule has 0 spiro atoms. The van der Waals surface area contributed by atoms with Gasteiger partial charge in [0.1, 0.15) is 0 Å². The van der Waals surface area contributed by atoms with Gasteiger partial charge in [-0.3, -0.25) is 0 Å². The summed E-state index contributed by atoms with van der Waals surface area (Å²) in [6.45, 7) is 6.07. The van der Waals surface area contributed by atoms with E-state index in [-0.39, 0.29) is 5.89 Å². The van der Waals surface area contributed by atoms with Crippen molar-refractivity contribution >= 4 is 5.82 Å².